The van der Waals surface area contributed by atoms with E-state index < -0.39 is 23.3 Å². The van der Waals surface area contributed by atoms with Gasteiger partial charge in [0.1, 0.15) is 5.82 Å². The Kier molecular flexibility index (Phi) is 4.58. The molecule has 2 aromatic carbocycles. The van der Waals surface area contributed by atoms with Crippen molar-refractivity contribution >= 4 is 29.3 Å². The lowest BCUT2D eigenvalue weighted by molar-refractivity contribution is -0.140. The fraction of sp³-hybridized carbons (Fsp3) is 0.190. The highest BCUT2D eigenvalue weighted by molar-refractivity contribution is 7.10. The van der Waals surface area contributed by atoms with Gasteiger partial charge in [-0.05, 0) is 54.1 Å². The number of hydrogen-bond donors (Lipinski definition) is 3. The van der Waals surface area contributed by atoms with Crippen LogP contribution in [0, 0.1) is 12.7 Å². The molecule has 1 saturated carbocycles. The molecule has 0 aliphatic heterocycles. The standard InChI is InChI=1S/C21H17FN2O4S/c1-11-17(23-20(27)28)18(29-24-11)13-4-7-15(16(22)10-13)12-2-5-14(6-3-12)21(8-9-21)19(25)26/h2-7,10,23H,8-9H2,1H3,(H,25,26)(H,27,28). The molecule has 0 atom stereocenters. The number of nitrogens with one attached hydrogen (secondary N) is 1. The monoisotopic (exact) mass is 412 g/mol. The first-order chi connectivity index (χ1) is 13.8. The number of aliphatic carboxylic acids is 1. The molecule has 1 amide bonds. The Morgan fingerprint density at radius 2 is 1.76 bits per heavy atom. The number of rotatable bonds is 5. The van der Waals surface area contributed by atoms with Crippen LogP contribution in [0.1, 0.15) is 24.1 Å². The Morgan fingerprint density at radius 3 is 2.31 bits per heavy atom. The summed E-state index contributed by atoms with van der Waals surface area (Å²) in [6.07, 6.45) is 0.0266. The Labute approximate surface area is 169 Å². The Balaban J connectivity index is 1.65. The van der Waals surface area contributed by atoms with Crippen LogP contribution in [0.5, 0.6) is 0 Å². The van der Waals surface area contributed by atoms with E-state index in [-0.39, 0.29) is 0 Å². The van der Waals surface area contributed by atoms with E-state index in [1.165, 1.54) is 6.07 Å². The molecular formula is C21H17FN2O4S. The summed E-state index contributed by atoms with van der Waals surface area (Å²) in [5.41, 5.74) is 2.37. The van der Waals surface area contributed by atoms with Gasteiger partial charge in [-0.15, -0.1) is 0 Å². The molecule has 1 heterocycles. The van der Waals surface area contributed by atoms with Crippen molar-refractivity contribution < 1.29 is 24.2 Å². The van der Waals surface area contributed by atoms with Crippen LogP contribution in [0.3, 0.4) is 0 Å². The van der Waals surface area contributed by atoms with Gasteiger partial charge < -0.3 is 10.2 Å². The summed E-state index contributed by atoms with van der Waals surface area (Å²) in [6.45, 7) is 1.68. The van der Waals surface area contributed by atoms with Gasteiger partial charge in [0, 0.05) is 5.56 Å². The number of aromatic nitrogens is 1. The molecule has 0 spiro atoms. The third-order valence-electron chi connectivity index (χ3n) is 5.23. The smallest absolute Gasteiger partial charge is 0.409 e. The number of anilines is 1. The molecule has 1 fully saturated rings. The molecule has 0 saturated heterocycles. The third-order valence-corrected chi connectivity index (χ3v) is 6.22. The zero-order valence-electron chi connectivity index (χ0n) is 15.4. The number of carboxylic acids is 1. The number of carboxylic acid groups (broad SMARTS) is 2. The number of hydrogen-bond acceptors (Lipinski definition) is 4. The van der Waals surface area contributed by atoms with E-state index in [0.717, 1.165) is 17.1 Å². The second-order valence-electron chi connectivity index (χ2n) is 7.06. The summed E-state index contributed by atoms with van der Waals surface area (Å²) < 4.78 is 19.0. The van der Waals surface area contributed by atoms with Crippen LogP contribution in [0.15, 0.2) is 42.5 Å². The molecule has 0 bridgehead atoms. The van der Waals surface area contributed by atoms with Crippen LogP contribution in [-0.4, -0.2) is 26.6 Å². The molecule has 3 aromatic rings. The van der Waals surface area contributed by atoms with Crippen LogP contribution in [-0.2, 0) is 10.2 Å². The number of benzene rings is 2. The second kappa shape index (κ2) is 6.97. The predicted octanol–water partition coefficient (Wildman–Crippen LogP) is 5.13. The van der Waals surface area contributed by atoms with Crippen molar-refractivity contribution in [3.63, 3.8) is 0 Å². The van der Waals surface area contributed by atoms with Gasteiger partial charge in [-0.25, -0.2) is 9.18 Å². The number of amides is 1. The first-order valence-corrected chi connectivity index (χ1v) is 9.69. The predicted molar refractivity (Wildman–Crippen MR) is 108 cm³/mol. The number of halogens is 1. The number of carbonyl (C=O) groups is 2. The summed E-state index contributed by atoms with van der Waals surface area (Å²) in [5, 5.41) is 20.7. The third kappa shape index (κ3) is 3.36. The van der Waals surface area contributed by atoms with Crippen molar-refractivity contribution in [1.82, 2.24) is 4.37 Å². The van der Waals surface area contributed by atoms with Crippen molar-refractivity contribution in [2.24, 2.45) is 0 Å². The maximum absolute atomic E-state index is 14.9. The van der Waals surface area contributed by atoms with E-state index in [1.54, 1.807) is 43.3 Å². The molecule has 148 valence electrons. The van der Waals surface area contributed by atoms with Crippen LogP contribution in [0.25, 0.3) is 21.6 Å². The zero-order chi connectivity index (χ0) is 20.8. The fourth-order valence-electron chi connectivity index (χ4n) is 3.43. The van der Waals surface area contributed by atoms with Gasteiger partial charge in [0.15, 0.2) is 0 Å². The zero-order valence-corrected chi connectivity index (χ0v) is 16.2. The normalized spacial score (nSPS) is 14.4. The van der Waals surface area contributed by atoms with Gasteiger partial charge in [-0.2, -0.15) is 4.37 Å². The Morgan fingerprint density at radius 1 is 1.10 bits per heavy atom. The van der Waals surface area contributed by atoms with E-state index >= 15 is 0 Å². The van der Waals surface area contributed by atoms with E-state index in [0.29, 0.717) is 45.8 Å². The molecule has 8 heteroatoms. The van der Waals surface area contributed by atoms with Gasteiger partial charge >= 0.3 is 12.1 Å². The van der Waals surface area contributed by atoms with Gasteiger partial charge in [0.05, 0.1) is 21.7 Å². The maximum Gasteiger partial charge on any atom is 0.409 e. The molecule has 1 aliphatic carbocycles. The lowest BCUT2D eigenvalue weighted by Crippen LogP contribution is -2.19. The topological polar surface area (TPSA) is 99.5 Å². The highest BCUT2D eigenvalue weighted by atomic mass is 32.1. The van der Waals surface area contributed by atoms with Gasteiger partial charge in [0.25, 0.3) is 0 Å². The minimum atomic E-state index is -1.21. The average Bonchev–Trinajstić information content (AvgIpc) is 3.42. The highest BCUT2D eigenvalue weighted by Gasteiger charge is 2.51. The van der Waals surface area contributed by atoms with Crippen LogP contribution >= 0.6 is 11.5 Å². The number of nitrogens with zero attached hydrogens (tertiary/aromatic N) is 1. The second-order valence-corrected chi connectivity index (χ2v) is 7.83. The van der Waals surface area contributed by atoms with E-state index in [9.17, 15) is 19.1 Å². The first-order valence-electron chi connectivity index (χ1n) is 8.92. The highest BCUT2D eigenvalue weighted by Crippen LogP contribution is 2.48. The summed E-state index contributed by atoms with van der Waals surface area (Å²) in [4.78, 5) is 23.0. The van der Waals surface area contributed by atoms with Crippen LogP contribution in [0.4, 0.5) is 14.9 Å². The van der Waals surface area contributed by atoms with Crippen molar-refractivity contribution in [2.75, 3.05) is 5.32 Å². The average molecular weight is 412 g/mol. The molecule has 0 unspecified atom stereocenters. The van der Waals surface area contributed by atoms with E-state index in [4.69, 9.17) is 5.11 Å². The minimum absolute atomic E-state index is 0.349. The molecule has 1 aliphatic rings. The first kappa shape index (κ1) is 19.1. The van der Waals surface area contributed by atoms with E-state index in [1.807, 2.05) is 0 Å². The van der Waals surface area contributed by atoms with Crippen molar-refractivity contribution in [3.05, 3.63) is 59.5 Å². The van der Waals surface area contributed by atoms with Crippen molar-refractivity contribution in [3.8, 4) is 21.6 Å². The minimum Gasteiger partial charge on any atom is -0.481 e. The van der Waals surface area contributed by atoms with Gasteiger partial charge in [-0.3, -0.25) is 10.1 Å². The number of aryl methyl sites for hydroxylation is 1. The summed E-state index contributed by atoms with van der Waals surface area (Å²) >= 11 is 1.10. The summed E-state index contributed by atoms with van der Waals surface area (Å²) in [5.74, 6) is -1.28. The molecule has 6 nitrogen and oxygen atoms in total. The van der Waals surface area contributed by atoms with Crippen molar-refractivity contribution in [1.29, 1.82) is 0 Å². The van der Waals surface area contributed by atoms with Crippen LogP contribution in [0.2, 0.25) is 0 Å². The van der Waals surface area contributed by atoms with Crippen LogP contribution < -0.4 is 5.32 Å². The summed E-state index contributed by atoms with van der Waals surface area (Å²) in [6, 6.07) is 11.6. The molecule has 3 N–H and O–H groups in total. The Bertz CT molecular complexity index is 1120. The SMILES string of the molecule is Cc1nsc(-c2ccc(-c3ccc(C4(C(=O)O)CC4)cc3)c(F)c2)c1NC(=O)O. The van der Waals surface area contributed by atoms with Crippen molar-refractivity contribution in [2.45, 2.75) is 25.2 Å². The van der Waals surface area contributed by atoms with Gasteiger partial charge in [-0.1, -0.05) is 36.4 Å². The Hall–Kier alpha value is -3.26. The molecule has 4 rings (SSSR count). The molecule has 1 aromatic heterocycles. The van der Waals surface area contributed by atoms with E-state index in [2.05, 4.69) is 9.69 Å². The molecule has 0 radical (unpaired) electrons. The molecule has 29 heavy (non-hydrogen) atoms. The quantitative estimate of drug-likeness (QED) is 0.539. The molecular weight excluding hydrogens is 395 g/mol. The lowest BCUT2D eigenvalue weighted by atomic mass is 9.93. The van der Waals surface area contributed by atoms with Gasteiger partial charge in [0.2, 0.25) is 0 Å². The lowest BCUT2D eigenvalue weighted by Gasteiger charge is -2.12. The largest absolute Gasteiger partial charge is 0.481 e. The maximum atomic E-state index is 14.9. The summed E-state index contributed by atoms with van der Waals surface area (Å²) in [7, 11) is 0. The fourth-order valence-corrected chi connectivity index (χ4v) is 4.27.